The van der Waals surface area contributed by atoms with E-state index in [9.17, 15) is 4.79 Å². The molecule has 0 unspecified atom stereocenters. The molecule has 4 heteroatoms. The second-order valence-electron chi connectivity index (χ2n) is 4.04. The van der Waals surface area contributed by atoms with E-state index in [4.69, 9.17) is 9.15 Å². The smallest absolute Gasteiger partial charge is 0.197 e. The number of nitrogens with one attached hydrogen (secondary N) is 1. The van der Waals surface area contributed by atoms with Crippen molar-refractivity contribution in [1.82, 2.24) is 5.32 Å². The number of benzene rings is 1. The Morgan fingerprint density at radius 3 is 2.94 bits per heavy atom. The first kappa shape index (κ1) is 12.6. The minimum Gasteiger partial charge on any atom is -0.492 e. The van der Waals surface area contributed by atoms with E-state index in [1.807, 2.05) is 32.2 Å². The molecule has 1 heterocycles. The maximum absolute atomic E-state index is 11.5. The fourth-order valence-electron chi connectivity index (χ4n) is 1.69. The zero-order valence-electron chi connectivity index (χ0n) is 10.7. The van der Waals surface area contributed by atoms with Gasteiger partial charge in [0.15, 0.2) is 11.5 Å². The van der Waals surface area contributed by atoms with Crippen molar-refractivity contribution >= 4 is 16.8 Å². The molecule has 96 valence electrons. The molecule has 1 aromatic carbocycles. The first-order valence-corrected chi connectivity index (χ1v) is 6.08. The van der Waals surface area contributed by atoms with E-state index in [-0.39, 0.29) is 5.78 Å². The summed E-state index contributed by atoms with van der Waals surface area (Å²) in [7, 11) is 1.88. The van der Waals surface area contributed by atoms with Crippen LogP contribution >= 0.6 is 0 Å². The molecule has 0 amide bonds. The van der Waals surface area contributed by atoms with Crippen molar-refractivity contribution in [2.45, 2.75) is 13.3 Å². The molecule has 0 aliphatic carbocycles. The van der Waals surface area contributed by atoms with Crippen LogP contribution in [-0.2, 0) is 0 Å². The van der Waals surface area contributed by atoms with E-state index in [1.165, 1.54) is 0 Å². The molecule has 18 heavy (non-hydrogen) atoms. The first-order valence-electron chi connectivity index (χ1n) is 6.08. The SMILES string of the molecule is CCC(=O)c1cc2cc(OCCNC)ccc2o1. The minimum atomic E-state index is 0.0175. The summed E-state index contributed by atoms with van der Waals surface area (Å²) in [6.45, 7) is 3.23. The number of fused-ring (bicyclic) bond motifs is 1. The molecule has 0 saturated carbocycles. The zero-order valence-corrected chi connectivity index (χ0v) is 10.7. The lowest BCUT2D eigenvalue weighted by molar-refractivity contribution is 0.0963. The van der Waals surface area contributed by atoms with Gasteiger partial charge in [0, 0.05) is 18.4 Å². The Kier molecular flexibility index (Phi) is 3.99. The molecule has 2 aromatic rings. The quantitative estimate of drug-likeness (QED) is 0.629. The van der Waals surface area contributed by atoms with Crippen LogP contribution in [-0.4, -0.2) is 26.0 Å². The number of carbonyl (C=O) groups is 1. The fourth-order valence-corrected chi connectivity index (χ4v) is 1.69. The number of rotatable bonds is 6. The highest BCUT2D eigenvalue weighted by molar-refractivity contribution is 5.97. The molecule has 1 N–H and O–H groups in total. The van der Waals surface area contributed by atoms with Gasteiger partial charge in [-0.05, 0) is 31.3 Å². The average Bonchev–Trinajstić information content (AvgIpc) is 2.81. The number of likely N-dealkylation sites (N-methyl/N-ethyl adjacent to an activating group) is 1. The van der Waals surface area contributed by atoms with Crippen LogP contribution in [0.15, 0.2) is 28.7 Å². The molecule has 1 aromatic heterocycles. The van der Waals surface area contributed by atoms with Crippen molar-refractivity contribution < 1.29 is 13.9 Å². The van der Waals surface area contributed by atoms with Gasteiger partial charge in [0.25, 0.3) is 0 Å². The third kappa shape index (κ3) is 2.71. The number of furan rings is 1. The number of hydrogen-bond donors (Lipinski definition) is 1. The number of hydrogen-bond acceptors (Lipinski definition) is 4. The maximum atomic E-state index is 11.5. The van der Waals surface area contributed by atoms with Gasteiger partial charge in [-0.3, -0.25) is 4.79 Å². The summed E-state index contributed by atoms with van der Waals surface area (Å²) in [5, 5.41) is 3.91. The van der Waals surface area contributed by atoms with Crippen LogP contribution < -0.4 is 10.1 Å². The molecule has 0 atom stereocenters. The maximum Gasteiger partial charge on any atom is 0.197 e. The van der Waals surface area contributed by atoms with Crippen LogP contribution in [0.5, 0.6) is 5.75 Å². The summed E-state index contributed by atoms with van der Waals surface area (Å²) in [5.74, 6) is 1.22. The summed E-state index contributed by atoms with van der Waals surface area (Å²) >= 11 is 0. The first-order chi connectivity index (χ1) is 8.74. The predicted molar refractivity (Wildman–Crippen MR) is 70.3 cm³/mol. The molecule has 0 saturated heterocycles. The molecular weight excluding hydrogens is 230 g/mol. The van der Waals surface area contributed by atoms with E-state index < -0.39 is 0 Å². The Morgan fingerprint density at radius 1 is 1.39 bits per heavy atom. The van der Waals surface area contributed by atoms with Gasteiger partial charge in [-0.1, -0.05) is 6.92 Å². The normalized spacial score (nSPS) is 10.8. The van der Waals surface area contributed by atoms with E-state index >= 15 is 0 Å². The molecule has 0 radical (unpaired) electrons. The molecule has 4 nitrogen and oxygen atoms in total. The van der Waals surface area contributed by atoms with Crippen molar-refractivity contribution in [3.05, 3.63) is 30.0 Å². The van der Waals surface area contributed by atoms with Crippen molar-refractivity contribution in [1.29, 1.82) is 0 Å². The third-order valence-electron chi connectivity index (χ3n) is 2.70. The summed E-state index contributed by atoms with van der Waals surface area (Å²) in [5.41, 5.74) is 0.716. The van der Waals surface area contributed by atoms with Crippen molar-refractivity contribution in [3.63, 3.8) is 0 Å². The summed E-state index contributed by atoms with van der Waals surface area (Å²) in [4.78, 5) is 11.5. The van der Waals surface area contributed by atoms with Gasteiger partial charge in [-0.15, -0.1) is 0 Å². The van der Waals surface area contributed by atoms with Crippen LogP contribution in [0.4, 0.5) is 0 Å². The van der Waals surface area contributed by atoms with Gasteiger partial charge in [-0.25, -0.2) is 0 Å². The highest BCUT2D eigenvalue weighted by Gasteiger charge is 2.10. The van der Waals surface area contributed by atoms with E-state index in [0.29, 0.717) is 24.4 Å². The van der Waals surface area contributed by atoms with Gasteiger partial charge in [0.1, 0.15) is 17.9 Å². The second kappa shape index (κ2) is 5.69. The molecular formula is C14H17NO3. The number of ketones is 1. The molecule has 0 fully saturated rings. The average molecular weight is 247 g/mol. The fraction of sp³-hybridized carbons (Fsp3) is 0.357. The monoisotopic (exact) mass is 247 g/mol. The highest BCUT2D eigenvalue weighted by atomic mass is 16.5. The Balaban J connectivity index is 2.20. The molecule has 0 spiro atoms. The summed E-state index contributed by atoms with van der Waals surface area (Å²) in [6, 6.07) is 7.34. The Morgan fingerprint density at radius 2 is 2.22 bits per heavy atom. The zero-order chi connectivity index (χ0) is 13.0. The topological polar surface area (TPSA) is 51.5 Å². The van der Waals surface area contributed by atoms with E-state index in [2.05, 4.69) is 5.32 Å². The van der Waals surface area contributed by atoms with Gasteiger partial charge < -0.3 is 14.5 Å². The minimum absolute atomic E-state index is 0.0175. The number of ether oxygens (including phenoxy) is 1. The number of Topliss-reactive ketones (excluding diaryl/α,β-unsaturated/α-hetero) is 1. The van der Waals surface area contributed by atoms with Crippen molar-refractivity contribution in [2.24, 2.45) is 0 Å². The van der Waals surface area contributed by atoms with Crippen LogP contribution in [0.3, 0.4) is 0 Å². The van der Waals surface area contributed by atoms with Crippen LogP contribution in [0.25, 0.3) is 11.0 Å². The van der Waals surface area contributed by atoms with E-state index in [1.54, 1.807) is 6.07 Å². The second-order valence-corrected chi connectivity index (χ2v) is 4.04. The molecule has 2 rings (SSSR count). The lowest BCUT2D eigenvalue weighted by Crippen LogP contribution is -2.15. The molecule has 0 aliphatic rings. The standard InChI is InChI=1S/C14H17NO3/c1-3-12(16)14-9-10-8-11(17-7-6-15-2)4-5-13(10)18-14/h4-5,8-9,15H,3,6-7H2,1-2H3. The van der Waals surface area contributed by atoms with Gasteiger partial charge >= 0.3 is 0 Å². The van der Waals surface area contributed by atoms with Gasteiger partial charge in [0.2, 0.25) is 0 Å². The van der Waals surface area contributed by atoms with Gasteiger partial charge in [0.05, 0.1) is 0 Å². The van der Waals surface area contributed by atoms with Crippen molar-refractivity contribution in [3.8, 4) is 5.75 Å². The third-order valence-corrected chi connectivity index (χ3v) is 2.70. The molecule has 0 aliphatic heterocycles. The Hall–Kier alpha value is -1.81. The van der Waals surface area contributed by atoms with E-state index in [0.717, 1.165) is 17.7 Å². The Bertz CT molecular complexity index is 545. The predicted octanol–water partition coefficient (Wildman–Crippen LogP) is 2.62. The number of carbonyl (C=O) groups excluding carboxylic acids is 1. The van der Waals surface area contributed by atoms with Crippen LogP contribution in [0.2, 0.25) is 0 Å². The summed E-state index contributed by atoms with van der Waals surface area (Å²) < 4.78 is 11.0. The highest BCUT2D eigenvalue weighted by Crippen LogP contribution is 2.24. The molecule has 0 bridgehead atoms. The van der Waals surface area contributed by atoms with Crippen LogP contribution in [0.1, 0.15) is 23.9 Å². The largest absolute Gasteiger partial charge is 0.492 e. The lowest BCUT2D eigenvalue weighted by Gasteiger charge is -2.04. The Labute approximate surface area is 106 Å². The lowest BCUT2D eigenvalue weighted by atomic mass is 10.2. The van der Waals surface area contributed by atoms with Gasteiger partial charge in [-0.2, -0.15) is 0 Å². The van der Waals surface area contributed by atoms with Crippen molar-refractivity contribution in [2.75, 3.05) is 20.2 Å². The van der Waals surface area contributed by atoms with Crippen LogP contribution in [0, 0.1) is 0 Å². The summed E-state index contributed by atoms with van der Waals surface area (Å²) in [6.07, 6.45) is 0.450.